The minimum absolute atomic E-state index is 0.288. The Morgan fingerprint density at radius 3 is 3.19 bits per heavy atom. The molecule has 2 nitrogen and oxygen atoms in total. The fourth-order valence-electron chi connectivity index (χ4n) is 2.79. The lowest BCUT2D eigenvalue weighted by Gasteiger charge is -2.28. The van der Waals surface area contributed by atoms with Gasteiger partial charge in [0.15, 0.2) is 0 Å². The molecular formula is C14H19NO. The second-order valence-corrected chi connectivity index (χ2v) is 4.93. The lowest BCUT2D eigenvalue weighted by molar-refractivity contribution is -0.117. The van der Waals surface area contributed by atoms with Gasteiger partial charge in [0.05, 0.1) is 0 Å². The molecule has 2 heteroatoms. The number of aromatic nitrogens is 1. The molecule has 0 amide bonds. The van der Waals surface area contributed by atoms with Gasteiger partial charge in [0.2, 0.25) is 0 Å². The zero-order valence-corrected chi connectivity index (χ0v) is 10.1. The van der Waals surface area contributed by atoms with E-state index in [0.717, 1.165) is 6.42 Å². The van der Waals surface area contributed by atoms with Crippen LogP contribution in [0.1, 0.15) is 50.3 Å². The van der Waals surface area contributed by atoms with Crippen molar-refractivity contribution in [1.29, 1.82) is 0 Å². The van der Waals surface area contributed by atoms with Gasteiger partial charge in [-0.1, -0.05) is 13.0 Å². The normalized spacial score (nSPS) is 21.2. The summed E-state index contributed by atoms with van der Waals surface area (Å²) in [4.78, 5) is 15.7. The number of Topliss-reactive ketones (excluding diaryl/α,β-unsaturated/α-hetero) is 1. The molecule has 1 aliphatic carbocycles. The van der Waals surface area contributed by atoms with E-state index in [0.29, 0.717) is 18.3 Å². The Kier molecular flexibility index (Phi) is 3.37. The first-order chi connectivity index (χ1) is 7.68. The van der Waals surface area contributed by atoms with E-state index in [1.165, 1.54) is 24.1 Å². The van der Waals surface area contributed by atoms with Crippen molar-refractivity contribution < 1.29 is 4.79 Å². The molecule has 0 aliphatic heterocycles. The number of hydrogen-bond acceptors (Lipinski definition) is 2. The summed E-state index contributed by atoms with van der Waals surface area (Å²) in [6.45, 7) is 3.86. The van der Waals surface area contributed by atoms with Gasteiger partial charge in [0.25, 0.3) is 0 Å². The SMILES string of the molecule is CC(=O)CC(C)C1CCCc2cccnc21. The highest BCUT2D eigenvalue weighted by Crippen LogP contribution is 2.36. The highest BCUT2D eigenvalue weighted by atomic mass is 16.1. The Morgan fingerprint density at radius 1 is 1.62 bits per heavy atom. The number of fused-ring (bicyclic) bond motifs is 1. The Morgan fingerprint density at radius 2 is 2.44 bits per heavy atom. The van der Waals surface area contributed by atoms with Crippen LogP contribution in [0.4, 0.5) is 0 Å². The number of carbonyl (C=O) groups is 1. The topological polar surface area (TPSA) is 30.0 Å². The first kappa shape index (κ1) is 11.3. The standard InChI is InChI=1S/C14H19NO/c1-10(9-11(2)16)13-7-3-5-12-6-4-8-15-14(12)13/h4,6,8,10,13H,3,5,7,9H2,1-2H3. The molecule has 1 aromatic rings. The number of nitrogens with zero attached hydrogens (tertiary/aromatic N) is 1. The average Bonchev–Trinajstić information content (AvgIpc) is 2.27. The average molecular weight is 217 g/mol. The van der Waals surface area contributed by atoms with Crippen LogP contribution in [0.3, 0.4) is 0 Å². The van der Waals surface area contributed by atoms with Crippen LogP contribution in [0, 0.1) is 5.92 Å². The van der Waals surface area contributed by atoms with E-state index in [1.54, 1.807) is 6.92 Å². The third-order valence-electron chi connectivity index (χ3n) is 3.53. The Balaban J connectivity index is 2.21. The van der Waals surface area contributed by atoms with Crippen molar-refractivity contribution in [1.82, 2.24) is 4.98 Å². The number of pyridine rings is 1. The molecular weight excluding hydrogens is 198 g/mol. The molecule has 1 aliphatic rings. The van der Waals surface area contributed by atoms with Crippen molar-refractivity contribution >= 4 is 5.78 Å². The molecule has 2 atom stereocenters. The Labute approximate surface area is 97.1 Å². The summed E-state index contributed by atoms with van der Waals surface area (Å²) in [6, 6.07) is 4.19. The summed E-state index contributed by atoms with van der Waals surface area (Å²) in [5, 5.41) is 0. The molecule has 0 bridgehead atoms. The van der Waals surface area contributed by atoms with Crippen molar-refractivity contribution in [2.24, 2.45) is 5.92 Å². The number of hydrogen-bond donors (Lipinski definition) is 0. The van der Waals surface area contributed by atoms with E-state index in [-0.39, 0.29) is 5.78 Å². The van der Waals surface area contributed by atoms with Gasteiger partial charge in [-0.3, -0.25) is 4.98 Å². The number of carbonyl (C=O) groups excluding carboxylic acids is 1. The lowest BCUT2D eigenvalue weighted by atomic mass is 9.77. The van der Waals surface area contributed by atoms with Crippen LogP contribution in [0.15, 0.2) is 18.3 Å². The minimum Gasteiger partial charge on any atom is -0.300 e. The van der Waals surface area contributed by atoms with Crippen molar-refractivity contribution in [3.8, 4) is 0 Å². The maximum absolute atomic E-state index is 11.2. The van der Waals surface area contributed by atoms with Crippen molar-refractivity contribution in [3.05, 3.63) is 29.6 Å². The maximum atomic E-state index is 11.2. The highest BCUT2D eigenvalue weighted by Gasteiger charge is 2.26. The molecule has 0 fully saturated rings. The molecule has 0 radical (unpaired) electrons. The molecule has 86 valence electrons. The number of ketones is 1. The summed E-state index contributed by atoms with van der Waals surface area (Å²) in [5.41, 5.74) is 2.62. The monoisotopic (exact) mass is 217 g/mol. The molecule has 0 N–H and O–H groups in total. The predicted molar refractivity (Wildman–Crippen MR) is 64.4 cm³/mol. The van der Waals surface area contributed by atoms with Crippen molar-refractivity contribution in [3.63, 3.8) is 0 Å². The second kappa shape index (κ2) is 4.77. The molecule has 0 aromatic carbocycles. The van der Waals surface area contributed by atoms with E-state index < -0.39 is 0 Å². The fraction of sp³-hybridized carbons (Fsp3) is 0.571. The van der Waals surface area contributed by atoms with Gasteiger partial charge in [-0.2, -0.15) is 0 Å². The Hall–Kier alpha value is -1.18. The van der Waals surface area contributed by atoms with Crippen LogP contribution in [-0.2, 0) is 11.2 Å². The smallest absolute Gasteiger partial charge is 0.130 e. The van der Waals surface area contributed by atoms with Gasteiger partial charge in [0, 0.05) is 24.2 Å². The third kappa shape index (κ3) is 2.31. The second-order valence-electron chi connectivity index (χ2n) is 4.93. The summed E-state index contributed by atoms with van der Waals surface area (Å²) in [5.74, 6) is 1.19. The quantitative estimate of drug-likeness (QED) is 0.778. The highest BCUT2D eigenvalue weighted by molar-refractivity contribution is 5.75. The van der Waals surface area contributed by atoms with Crippen molar-refractivity contribution in [2.75, 3.05) is 0 Å². The zero-order chi connectivity index (χ0) is 11.5. The van der Waals surface area contributed by atoms with Gasteiger partial charge in [-0.25, -0.2) is 0 Å². The molecule has 0 spiro atoms. The third-order valence-corrected chi connectivity index (χ3v) is 3.53. The Bertz CT molecular complexity index is 386. The lowest BCUT2D eigenvalue weighted by Crippen LogP contribution is -2.19. The van der Waals surface area contributed by atoms with E-state index in [4.69, 9.17) is 0 Å². The molecule has 2 rings (SSSR count). The molecule has 0 saturated carbocycles. The van der Waals surface area contributed by atoms with E-state index in [2.05, 4.69) is 18.0 Å². The summed E-state index contributed by atoms with van der Waals surface area (Å²) >= 11 is 0. The molecule has 2 unspecified atom stereocenters. The number of aryl methyl sites for hydroxylation is 1. The van der Waals surface area contributed by atoms with Crippen LogP contribution >= 0.6 is 0 Å². The van der Waals surface area contributed by atoms with E-state index >= 15 is 0 Å². The van der Waals surface area contributed by atoms with Gasteiger partial charge < -0.3 is 4.79 Å². The first-order valence-corrected chi connectivity index (χ1v) is 6.11. The van der Waals surface area contributed by atoms with Crippen LogP contribution in [-0.4, -0.2) is 10.8 Å². The van der Waals surface area contributed by atoms with Gasteiger partial charge in [0.1, 0.15) is 5.78 Å². The predicted octanol–water partition coefficient (Wildman–Crippen LogP) is 3.12. The minimum atomic E-state index is 0.288. The van der Waals surface area contributed by atoms with Gasteiger partial charge >= 0.3 is 0 Å². The molecule has 16 heavy (non-hydrogen) atoms. The van der Waals surface area contributed by atoms with Crippen molar-refractivity contribution in [2.45, 2.75) is 45.4 Å². The summed E-state index contributed by atoms with van der Waals surface area (Å²) < 4.78 is 0. The first-order valence-electron chi connectivity index (χ1n) is 6.11. The molecule has 1 heterocycles. The summed E-state index contributed by atoms with van der Waals surface area (Å²) in [7, 11) is 0. The van der Waals surface area contributed by atoms with E-state index in [1.807, 2.05) is 12.3 Å². The largest absolute Gasteiger partial charge is 0.300 e. The van der Waals surface area contributed by atoms with Crippen LogP contribution in [0.5, 0.6) is 0 Å². The van der Waals surface area contributed by atoms with Gasteiger partial charge in [-0.15, -0.1) is 0 Å². The molecule has 1 aromatic heterocycles. The van der Waals surface area contributed by atoms with Crippen LogP contribution < -0.4 is 0 Å². The summed E-state index contributed by atoms with van der Waals surface area (Å²) in [6.07, 6.45) is 6.11. The fourth-order valence-corrected chi connectivity index (χ4v) is 2.79. The zero-order valence-electron chi connectivity index (χ0n) is 10.1. The number of rotatable bonds is 3. The van der Waals surface area contributed by atoms with Gasteiger partial charge in [-0.05, 0) is 43.7 Å². The van der Waals surface area contributed by atoms with Crippen LogP contribution in [0.2, 0.25) is 0 Å². The maximum Gasteiger partial charge on any atom is 0.130 e. The molecule has 0 saturated heterocycles. The van der Waals surface area contributed by atoms with E-state index in [9.17, 15) is 4.79 Å². The van der Waals surface area contributed by atoms with Crippen LogP contribution in [0.25, 0.3) is 0 Å².